The van der Waals surface area contributed by atoms with Crippen LogP contribution >= 0.6 is 0 Å². The molecule has 23 heavy (non-hydrogen) atoms. The zero-order chi connectivity index (χ0) is 16.4. The molecule has 0 atom stereocenters. The average Bonchev–Trinajstić information content (AvgIpc) is 3.12. The topological polar surface area (TPSA) is 73.8 Å². The zero-order valence-electron chi connectivity index (χ0n) is 12.2. The molecule has 1 fully saturated rings. The molecule has 124 valence electrons. The molecule has 2 heterocycles. The van der Waals surface area contributed by atoms with Crippen LogP contribution in [0.2, 0.25) is 0 Å². The highest BCUT2D eigenvalue weighted by molar-refractivity contribution is 5.44. The molecule has 0 amide bonds. The molecule has 1 aliphatic rings. The summed E-state index contributed by atoms with van der Waals surface area (Å²) in [5.74, 6) is 0.978. The number of alkyl halides is 3. The molecule has 1 aliphatic carbocycles. The molecule has 2 aromatic heterocycles. The number of nitrogens with zero attached hydrogens (tertiary/aromatic N) is 4. The van der Waals surface area contributed by atoms with Gasteiger partial charge in [-0.2, -0.15) is 18.3 Å². The lowest BCUT2D eigenvalue weighted by molar-refractivity contribution is -0.143. The largest absolute Gasteiger partial charge is 0.419 e. The molecule has 1 saturated carbocycles. The van der Waals surface area contributed by atoms with Crippen molar-refractivity contribution in [2.45, 2.75) is 44.8 Å². The van der Waals surface area contributed by atoms with Crippen LogP contribution in [-0.4, -0.2) is 26.2 Å². The molecule has 0 aromatic carbocycles. The molecule has 0 radical (unpaired) electrons. The first-order valence-electron chi connectivity index (χ1n) is 7.38. The van der Waals surface area contributed by atoms with Crippen LogP contribution in [0.25, 0.3) is 11.6 Å². The molecule has 0 spiro atoms. The molecule has 0 saturated heterocycles. The van der Waals surface area contributed by atoms with Gasteiger partial charge in [0.2, 0.25) is 5.89 Å². The molecule has 0 aliphatic heterocycles. The standard InChI is InChI=1S/C14H15F3N4O2/c15-14(16,17)8-21-12(22)6-5-10(20-21)13-19-18-11(23-13)7-9-3-1-2-4-9/h5-6,9H,1-4,7-8H2. The second kappa shape index (κ2) is 6.13. The van der Waals surface area contributed by atoms with Gasteiger partial charge in [-0.3, -0.25) is 4.79 Å². The summed E-state index contributed by atoms with van der Waals surface area (Å²) in [6, 6.07) is 2.29. The number of rotatable bonds is 4. The molecular formula is C14H15F3N4O2. The lowest BCUT2D eigenvalue weighted by atomic mass is 10.0. The zero-order valence-corrected chi connectivity index (χ0v) is 12.2. The van der Waals surface area contributed by atoms with Gasteiger partial charge in [-0.25, -0.2) is 4.68 Å². The fraction of sp³-hybridized carbons (Fsp3) is 0.571. The van der Waals surface area contributed by atoms with E-state index in [1.165, 1.54) is 18.9 Å². The van der Waals surface area contributed by atoms with Crippen LogP contribution in [0.3, 0.4) is 0 Å². The summed E-state index contributed by atoms with van der Waals surface area (Å²) in [5.41, 5.74) is -0.782. The normalized spacial score (nSPS) is 16.1. The van der Waals surface area contributed by atoms with Crippen LogP contribution < -0.4 is 5.56 Å². The van der Waals surface area contributed by atoms with E-state index in [0.717, 1.165) is 18.9 Å². The van der Waals surface area contributed by atoms with Gasteiger partial charge in [-0.1, -0.05) is 12.8 Å². The van der Waals surface area contributed by atoms with Crippen molar-refractivity contribution in [2.75, 3.05) is 0 Å². The van der Waals surface area contributed by atoms with Gasteiger partial charge in [0.15, 0.2) is 0 Å². The predicted molar refractivity (Wildman–Crippen MR) is 73.5 cm³/mol. The van der Waals surface area contributed by atoms with E-state index in [-0.39, 0.29) is 11.6 Å². The number of aromatic nitrogens is 4. The summed E-state index contributed by atoms with van der Waals surface area (Å²) in [7, 11) is 0. The van der Waals surface area contributed by atoms with E-state index in [9.17, 15) is 18.0 Å². The van der Waals surface area contributed by atoms with Gasteiger partial charge >= 0.3 is 6.18 Å². The Morgan fingerprint density at radius 1 is 1.22 bits per heavy atom. The van der Waals surface area contributed by atoms with E-state index >= 15 is 0 Å². The number of halogens is 3. The van der Waals surface area contributed by atoms with Crippen molar-refractivity contribution in [3.8, 4) is 11.6 Å². The maximum atomic E-state index is 12.4. The maximum Gasteiger partial charge on any atom is 0.408 e. The molecule has 0 unspecified atom stereocenters. The molecule has 2 aromatic rings. The molecule has 3 rings (SSSR count). The minimum absolute atomic E-state index is 0.0221. The van der Waals surface area contributed by atoms with Crippen molar-refractivity contribution < 1.29 is 17.6 Å². The van der Waals surface area contributed by atoms with Crippen LogP contribution in [0.1, 0.15) is 31.6 Å². The fourth-order valence-electron chi connectivity index (χ4n) is 2.75. The summed E-state index contributed by atoms with van der Waals surface area (Å²) >= 11 is 0. The van der Waals surface area contributed by atoms with Crippen molar-refractivity contribution in [3.63, 3.8) is 0 Å². The Kier molecular flexibility index (Phi) is 4.18. The van der Waals surface area contributed by atoms with Crippen LogP contribution in [0.4, 0.5) is 13.2 Å². The fourth-order valence-corrected chi connectivity index (χ4v) is 2.75. The highest BCUT2D eigenvalue weighted by atomic mass is 19.4. The van der Waals surface area contributed by atoms with E-state index in [1.54, 1.807) is 0 Å². The maximum absolute atomic E-state index is 12.4. The summed E-state index contributed by atoms with van der Waals surface area (Å²) in [5, 5.41) is 11.4. The van der Waals surface area contributed by atoms with Gasteiger partial charge in [-0.05, 0) is 24.8 Å². The minimum atomic E-state index is -4.53. The third-order valence-electron chi connectivity index (χ3n) is 3.82. The van der Waals surface area contributed by atoms with Gasteiger partial charge < -0.3 is 4.42 Å². The molecule has 0 N–H and O–H groups in total. The minimum Gasteiger partial charge on any atom is -0.419 e. The van der Waals surface area contributed by atoms with Crippen molar-refractivity contribution in [3.05, 3.63) is 28.4 Å². The lowest BCUT2D eigenvalue weighted by Crippen LogP contribution is -2.29. The molecule has 0 bridgehead atoms. The summed E-state index contributed by atoms with van der Waals surface area (Å²) in [6.45, 7) is -1.46. The first-order valence-corrected chi connectivity index (χ1v) is 7.38. The lowest BCUT2D eigenvalue weighted by Gasteiger charge is -2.08. The van der Waals surface area contributed by atoms with E-state index in [2.05, 4.69) is 15.3 Å². The predicted octanol–water partition coefficient (Wildman–Crippen LogP) is 2.59. The van der Waals surface area contributed by atoms with Crippen LogP contribution in [0.5, 0.6) is 0 Å². The average molecular weight is 328 g/mol. The highest BCUT2D eigenvalue weighted by Crippen LogP contribution is 2.28. The quantitative estimate of drug-likeness (QED) is 0.862. The molecule has 6 nitrogen and oxygen atoms in total. The first kappa shape index (κ1) is 15.7. The van der Waals surface area contributed by atoms with Crippen molar-refractivity contribution >= 4 is 0 Å². The van der Waals surface area contributed by atoms with Crippen LogP contribution in [-0.2, 0) is 13.0 Å². The summed E-state index contributed by atoms with van der Waals surface area (Å²) in [4.78, 5) is 11.4. The number of hydrogen-bond donors (Lipinski definition) is 0. The molecular weight excluding hydrogens is 313 g/mol. The van der Waals surface area contributed by atoms with Gasteiger partial charge in [0.25, 0.3) is 11.4 Å². The van der Waals surface area contributed by atoms with Crippen molar-refractivity contribution in [1.82, 2.24) is 20.0 Å². The van der Waals surface area contributed by atoms with Crippen molar-refractivity contribution in [2.24, 2.45) is 5.92 Å². The molecule has 9 heteroatoms. The smallest absolute Gasteiger partial charge is 0.408 e. The van der Waals surface area contributed by atoms with Gasteiger partial charge in [0, 0.05) is 12.5 Å². The number of hydrogen-bond acceptors (Lipinski definition) is 5. The van der Waals surface area contributed by atoms with E-state index in [4.69, 9.17) is 4.42 Å². The second-order valence-corrected chi connectivity index (χ2v) is 5.69. The second-order valence-electron chi connectivity index (χ2n) is 5.69. The Morgan fingerprint density at radius 2 is 1.96 bits per heavy atom. The highest BCUT2D eigenvalue weighted by Gasteiger charge is 2.29. The Labute approximate surface area is 129 Å². The van der Waals surface area contributed by atoms with Crippen LogP contribution in [0.15, 0.2) is 21.3 Å². The van der Waals surface area contributed by atoms with E-state index < -0.39 is 18.3 Å². The SMILES string of the molecule is O=c1ccc(-c2nnc(CC3CCCC3)o2)nn1CC(F)(F)F. The van der Waals surface area contributed by atoms with E-state index in [1.807, 2.05) is 0 Å². The Morgan fingerprint density at radius 3 is 2.65 bits per heavy atom. The Hall–Kier alpha value is -2.19. The first-order chi connectivity index (χ1) is 10.9. The monoisotopic (exact) mass is 328 g/mol. The summed E-state index contributed by atoms with van der Waals surface area (Å²) in [6.07, 6.45) is 0.747. The van der Waals surface area contributed by atoms with Gasteiger partial charge in [0.1, 0.15) is 12.2 Å². The van der Waals surface area contributed by atoms with Gasteiger partial charge in [-0.15, -0.1) is 10.2 Å². The Balaban J connectivity index is 1.80. The Bertz CT molecular complexity index is 732. The van der Waals surface area contributed by atoms with Gasteiger partial charge in [0.05, 0.1) is 0 Å². The van der Waals surface area contributed by atoms with E-state index in [0.29, 0.717) is 22.9 Å². The third kappa shape index (κ3) is 3.96. The third-order valence-corrected chi connectivity index (χ3v) is 3.82. The van der Waals surface area contributed by atoms with Crippen LogP contribution in [0, 0.1) is 5.92 Å². The van der Waals surface area contributed by atoms with Crippen molar-refractivity contribution in [1.29, 1.82) is 0 Å². The summed E-state index contributed by atoms with van der Waals surface area (Å²) < 4.78 is 43.1.